The molecule has 6 rings (SSSR count). The first-order valence-corrected chi connectivity index (χ1v) is 26.0. The second kappa shape index (κ2) is 25.9. The quantitative estimate of drug-likeness (QED) is 0.0361. The van der Waals surface area contributed by atoms with E-state index in [0.29, 0.717) is 44.3 Å². The van der Waals surface area contributed by atoms with Crippen molar-refractivity contribution in [3.63, 3.8) is 0 Å². The molecule has 3 aromatic carbocycles. The second-order valence-electron chi connectivity index (χ2n) is 19.6. The summed E-state index contributed by atoms with van der Waals surface area (Å²) >= 11 is 0. The first-order valence-electron chi connectivity index (χ1n) is 24.4. The number of ether oxygens (including phenoxy) is 9. The van der Waals surface area contributed by atoms with Crippen LogP contribution in [-0.2, 0) is 62.1 Å². The Morgan fingerprint density at radius 1 is 0.746 bits per heavy atom. The van der Waals surface area contributed by atoms with Gasteiger partial charge in [-0.25, -0.2) is 22.8 Å². The van der Waals surface area contributed by atoms with Crippen LogP contribution in [0.1, 0.15) is 99.8 Å². The molecular formula is C55H70O15S. The Kier molecular flexibility index (Phi) is 20.1. The Hall–Kier alpha value is -5.23. The summed E-state index contributed by atoms with van der Waals surface area (Å²) in [6, 6.07) is 25.0. The SMILES string of the molecule is C=C1C[C@H](CCCOC(=O)C(C)(C)C)O[C@H]1CC[C@H]1CC(C)=C(COC(=O)COC)[C@@H](C[C@@H]2O[C@H](CC(COC(=O)c3ccccc3)OC(=O)c3ccccc3)[C@H](OC)[C@H]2CS(=O)(=O)c2ccccc2)O1. The van der Waals surface area contributed by atoms with Crippen LogP contribution in [0.3, 0.4) is 0 Å². The fourth-order valence-electron chi connectivity index (χ4n) is 9.34. The number of hydrogen-bond acceptors (Lipinski definition) is 15. The summed E-state index contributed by atoms with van der Waals surface area (Å²) < 4.78 is 82.8. The molecule has 16 heteroatoms. The fourth-order valence-corrected chi connectivity index (χ4v) is 11.0. The molecule has 0 N–H and O–H groups in total. The van der Waals surface area contributed by atoms with Crippen molar-refractivity contribution in [1.29, 1.82) is 0 Å². The molecule has 0 radical (unpaired) electrons. The molecule has 0 saturated carbocycles. The van der Waals surface area contributed by atoms with E-state index in [2.05, 4.69) is 6.58 Å². The molecule has 9 atom stereocenters. The third-order valence-corrected chi connectivity index (χ3v) is 14.9. The topological polar surface area (TPSA) is 185 Å². The minimum atomic E-state index is -3.92. The monoisotopic (exact) mass is 1000 g/mol. The van der Waals surface area contributed by atoms with Gasteiger partial charge in [0.1, 0.15) is 25.9 Å². The lowest BCUT2D eigenvalue weighted by Gasteiger charge is -2.36. The van der Waals surface area contributed by atoms with Gasteiger partial charge in [-0.15, -0.1) is 0 Å². The summed E-state index contributed by atoms with van der Waals surface area (Å²) in [6.07, 6.45) is -0.672. The van der Waals surface area contributed by atoms with Crippen molar-refractivity contribution in [2.24, 2.45) is 11.3 Å². The van der Waals surface area contributed by atoms with Crippen LogP contribution in [0, 0.1) is 11.3 Å². The molecule has 0 spiro atoms. The van der Waals surface area contributed by atoms with Crippen molar-refractivity contribution in [1.82, 2.24) is 0 Å². The smallest absolute Gasteiger partial charge is 0.338 e. The number of carbonyl (C=O) groups excluding carboxylic acids is 4. The van der Waals surface area contributed by atoms with Gasteiger partial charge in [0.15, 0.2) is 9.84 Å². The summed E-state index contributed by atoms with van der Waals surface area (Å²) in [7, 11) is -1.04. The van der Waals surface area contributed by atoms with Gasteiger partial charge in [0, 0.05) is 33.0 Å². The Labute approximate surface area is 418 Å². The number of methoxy groups -OCH3 is 2. The Balaban J connectivity index is 1.23. The minimum Gasteiger partial charge on any atom is -0.465 e. The summed E-state index contributed by atoms with van der Waals surface area (Å²) in [5, 5.41) is 0. The van der Waals surface area contributed by atoms with Gasteiger partial charge in [0.2, 0.25) is 0 Å². The molecule has 3 aromatic rings. The average Bonchev–Trinajstić information content (AvgIpc) is 3.87. The first-order chi connectivity index (χ1) is 33.9. The highest BCUT2D eigenvalue weighted by Crippen LogP contribution is 2.41. The van der Waals surface area contributed by atoms with Crippen LogP contribution >= 0.6 is 0 Å². The van der Waals surface area contributed by atoms with E-state index in [-0.39, 0.29) is 73.2 Å². The van der Waals surface area contributed by atoms with Crippen LogP contribution in [0.4, 0.5) is 0 Å². The zero-order valence-electron chi connectivity index (χ0n) is 41.8. The summed E-state index contributed by atoms with van der Waals surface area (Å²) in [6.45, 7) is 11.5. The predicted molar refractivity (Wildman–Crippen MR) is 263 cm³/mol. The maximum Gasteiger partial charge on any atom is 0.338 e. The lowest BCUT2D eigenvalue weighted by molar-refractivity contribution is -0.153. The normalized spacial score (nSPS) is 24.1. The molecule has 3 aliphatic rings. The van der Waals surface area contributed by atoms with E-state index in [4.69, 9.17) is 42.6 Å². The fraction of sp³-hybridized carbons (Fsp3) is 0.527. The molecule has 3 aliphatic heterocycles. The van der Waals surface area contributed by atoms with Crippen LogP contribution in [-0.4, -0.2) is 128 Å². The van der Waals surface area contributed by atoms with Crippen molar-refractivity contribution in [2.75, 3.05) is 46.4 Å². The Bertz CT molecular complexity index is 2380. The number of benzene rings is 3. The lowest BCUT2D eigenvalue weighted by Crippen LogP contribution is -2.40. The van der Waals surface area contributed by atoms with Crippen LogP contribution in [0.25, 0.3) is 0 Å². The molecule has 1 unspecified atom stereocenters. The molecule has 71 heavy (non-hydrogen) atoms. The number of hydrogen-bond donors (Lipinski definition) is 0. The largest absolute Gasteiger partial charge is 0.465 e. The van der Waals surface area contributed by atoms with Crippen molar-refractivity contribution in [2.45, 2.75) is 133 Å². The van der Waals surface area contributed by atoms with Gasteiger partial charge in [0.25, 0.3) is 0 Å². The van der Waals surface area contributed by atoms with Gasteiger partial charge in [-0.2, -0.15) is 0 Å². The molecule has 0 amide bonds. The van der Waals surface area contributed by atoms with Crippen LogP contribution in [0.15, 0.2) is 119 Å². The van der Waals surface area contributed by atoms with Gasteiger partial charge < -0.3 is 42.6 Å². The summed E-state index contributed by atoms with van der Waals surface area (Å²) in [5.41, 5.74) is 2.72. The predicted octanol–water partition coefficient (Wildman–Crippen LogP) is 8.25. The first kappa shape index (κ1) is 55.1. The number of sulfone groups is 1. The highest BCUT2D eigenvalue weighted by Gasteiger charge is 2.49. The summed E-state index contributed by atoms with van der Waals surface area (Å²) in [5.74, 6) is -3.17. The zero-order valence-corrected chi connectivity index (χ0v) is 42.6. The van der Waals surface area contributed by atoms with E-state index in [1.165, 1.54) is 14.2 Å². The van der Waals surface area contributed by atoms with Gasteiger partial charge in [-0.1, -0.05) is 66.7 Å². The maximum atomic E-state index is 14.2. The van der Waals surface area contributed by atoms with Gasteiger partial charge in [0.05, 0.1) is 76.5 Å². The van der Waals surface area contributed by atoms with E-state index in [0.717, 1.165) is 23.1 Å². The van der Waals surface area contributed by atoms with E-state index in [9.17, 15) is 27.6 Å². The average molecular weight is 1000 g/mol. The second-order valence-corrected chi connectivity index (χ2v) is 21.6. The van der Waals surface area contributed by atoms with Crippen LogP contribution in [0.5, 0.6) is 0 Å². The number of carbonyl (C=O) groups is 4. The van der Waals surface area contributed by atoms with Crippen molar-refractivity contribution in [3.8, 4) is 0 Å². The highest BCUT2D eigenvalue weighted by molar-refractivity contribution is 7.91. The van der Waals surface area contributed by atoms with Crippen LogP contribution < -0.4 is 0 Å². The number of rotatable bonds is 24. The van der Waals surface area contributed by atoms with Gasteiger partial charge >= 0.3 is 23.9 Å². The molecular weight excluding hydrogens is 933 g/mol. The molecule has 2 saturated heterocycles. The van der Waals surface area contributed by atoms with Crippen molar-refractivity contribution in [3.05, 3.63) is 125 Å². The molecule has 3 heterocycles. The third kappa shape index (κ3) is 15.9. The van der Waals surface area contributed by atoms with E-state index >= 15 is 0 Å². The third-order valence-electron chi connectivity index (χ3n) is 13.1. The van der Waals surface area contributed by atoms with Gasteiger partial charge in [-0.3, -0.25) is 4.79 Å². The molecule has 0 aromatic heterocycles. The Morgan fingerprint density at radius 2 is 1.37 bits per heavy atom. The van der Waals surface area contributed by atoms with E-state index in [1.54, 1.807) is 91.0 Å². The van der Waals surface area contributed by atoms with Crippen molar-refractivity contribution < 1.29 is 70.2 Å². The Morgan fingerprint density at radius 3 is 2.00 bits per heavy atom. The maximum absolute atomic E-state index is 14.2. The lowest BCUT2D eigenvalue weighted by atomic mass is 9.87. The van der Waals surface area contributed by atoms with E-state index < -0.39 is 69.6 Å². The zero-order chi connectivity index (χ0) is 51.1. The van der Waals surface area contributed by atoms with Crippen LogP contribution in [0.2, 0.25) is 0 Å². The minimum absolute atomic E-state index is 0.0175. The van der Waals surface area contributed by atoms with Crippen molar-refractivity contribution >= 4 is 33.7 Å². The molecule has 2 fully saturated rings. The van der Waals surface area contributed by atoms with Gasteiger partial charge in [-0.05, 0) is 114 Å². The molecule has 0 bridgehead atoms. The summed E-state index contributed by atoms with van der Waals surface area (Å²) in [4.78, 5) is 51.7. The van der Waals surface area contributed by atoms with E-state index in [1.807, 2.05) is 27.7 Å². The molecule has 386 valence electrons. The standard InChI is InChI=1S/C55H70O15S/c1-36-28-41(25-26-46-37(2)29-40(67-46)22-17-27-64-54(59)55(3,4)5)68-47(44(36)33-65-50(56)34-62-6)31-48-45(35-71(60,61)43-23-15-10-16-24-43)51(63-7)49(70-48)30-42(69-53(58)39-20-13-9-14-21-39)32-66-52(57)38-18-11-8-12-19-38/h8-16,18-21,23-24,40-42,45-49,51H,2,17,22,25-35H2,1,3-7H3/t40-,41-,42?,45-,46-,47+,48-,49+,51+/m0/s1. The molecule has 15 nitrogen and oxygen atoms in total. The highest BCUT2D eigenvalue weighted by atomic mass is 32.2. The number of esters is 4. The molecule has 0 aliphatic carbocycles.